The number of alkyl halides is 2. The summed E-state index contributed by atoms with van der Waals surface area (Å²) >= 11 is 0. The number of hydrogen-bond acceptors (Lipinski definition) is 3. The van der Waals surface area contributed by atoms with E-state index in [1.807, 2.05) is 0 Å². The van der Waals surface area contributed by atoms with Gasteiger partial charge in [-0.2, -0.15) is 8.78 Å². The first-order valence-corrected chi connectivity index (χ1v) is 5.82. The summed E-state index contributed by atoms with van der Waals surface area (Å²) in [6.07, 6.45) is 0.792. The maximum absolute atomic E-state index is 14.1. The van der Waals surface area contributed by atoms with Crippen LogP contribution in [0.25, 0.3) is 0 Å². The van der Waals surface area contributed by atoms with Crippen LogP contribution in [0.15, 0.2) is 42.6 Å². The van der Waals surface area contributed by atoms with Crippen molar-refractivity contribution in [2.24, 2.45) is 0 Å². The molecule has 0 radical (unpaired) electrons. The van der Waals surface area contributed by atoms with Gasteiger partial charge in [-0.3, -0.25) is 10.1 Å². The van der Waals surface area contributed by atoms with E-state index >= 15 is 0 Å². The predicted molar refractivity (Wildman–Crippen MR) is 68.4 cm³/mol. The number of rotatable bonds is 5. The smallest absolute Gasteiger partial charge is 0.352 e. The van der Waals surface area contributed by atoms with E-state index in [-0.39, 0.29) is 5.56 Å². The third-order valence-corrected chi connectivity index (χ3v) is 2.88. The summed E-state index contributed by atoms with van der Waals surface area (Å²) < 4.78 is 28.9. The van der Waals surface area contributed by atoms with Crippen LogP contribution in [0.5, 0.6) is 0 Å². The number of nitro groups is 1. The van der Waals surface area contributed by atoms with Crippen molar-refractivity contribution in [2.45, 2.75) is 12.5 Å². The molecule has 0 aliphatic heterocycles. The van der Waals surface area contributed by atoms with Crippen molar-refractivity contribution in [2.75, 3.05) is 0 Å². The highest BCUT2D eigenvalue weighted by Gasteiger charge is 2.34. The SMILES string of the molecule is O=C(O)c1cc([N+](=O)[O-])cn1CC(F)(F)c1ccccc1. The lowest BCUT2D eigenvalue weighted by molar-refractivity contribution is -0.384. The highest BCUT2D eigenvalue weighted by Crippen LogP contribution is 2.31. The molecule has 2 aromatic rings. The molecule has 0 aliphatic rings. The van der Waals surface area contributed by atoms with E-state index in [1.54, 1.807) is 6.07 Å². The Balaban J connectivity index is 2.38. The standard InChI is InChI=1S/C13H10F2N2O4/c14-13(15,9-4-2-1-3-5-9)8-16-7-10(17(20)21)6-11(16)12(18)19/h1-7H,8H2,(H,18,19). The molecule has 1 N–H and O–H groups in total. The molecule has 0 spiro atoms. The fourth-order valence-corrected chi connectivity index (χ4v) is 1.89. The fraction of sp³-hybridized carbons (Fsp3) is 0.154. The number of hydrogen-bond donors (Lipinski definition) is 1. The minimum atomic E-state index is -3.35. The van der Waals surface area contributed by atoms with E-state index in [4.69, 9.17) is 5.11 Å². The Hall–Kier alpha value is -2.77. The molecule has 21 heavy (non-hydrogen) atoms. The lowest BCUT2D eigenvalue weighted by Crippen LogP contribution is -2.23. The van der Waals surface area contributed by atoms with E-state index in [9.17, 15) is 23.7 Å². The van der Waals surface area contributed by atoms with Gasteiger partial charge in [-0.15, -0.1) is 0 Å². The van der Waals surface area contributed by atoms with Crippen molar-refractivity contribution in [1.29, 1.82) is 0 Å². The molecular formula is C13H10F2N2O4. The lowest BCUT2D eigenvalue weighted by Gasteiger charge is -2.18. The van der Waals surface area contributed by atoms with Crippen molar-refractivity contribution in [1.82, 2.24) is 4.57 Å². The molecule has 0 amide bonds. The van der Waals surface area contributed by atoms with Crippen LogP contribution in [0, 0.1) is 10.1 Å². The van der Waals surface area contributed by atoms with Crippen LogP contribution in [-0.2, 0) is 12.5 Å². The molecule has 1 aromatic carbocycles. The summed E-state index contributed by atoms with van der Waals surface area (Å²) in [6, 6.07) is 7.60. The Bertz CT molecular complexity index is 683. The van der Waals surface area contributed by atoms with Gasteiger partial charge >= 0.3 is 5.97 Å². The van der Waals surface area contributed by atoms with Gasteiger partial charge < -0.3 is 9.67 Å². The number of nitrogens with zero attached hydrogens (tertiary/aromatic N) is 2. The Kier molecular flexibility index (Phi) is 3.70. The van der Waals surface area contributed by atoms with Crippen molar-refractivity contribution in [3.8, 4) is 0 Å². The normalized spacial score (nSPS) is 11.3. The van der Waals surface area contributed by atoms with E-state index in [1.165, 1.54) is 24.3 Å². The molecule has 6 nitrogen and oxygen atoms in total. The Morgan fingerprint density at radius 2 is 1.95 bits per heavy atom. The molecule has 0 saturated heterocycles. The predicted octanol–water partition coefficient (Wildman–Crippen LogP) is 2.89. The van der Waals surface area contributed by atoms with Crippen LogP contribution >= 0.6 is 0 Å². The first-order chi connectivity index (χ1) is 9.81. The zero-order valence-corrected chi connectivity index (χ0v) is 10.6. The van der Waals surface area contributed by atoms with E-state index in [0.29, 0.717) is 4.57 Å². The van der Waals surface area contributed by atoms with Crippen LogP contribution in [0.2, 0.25) is 0 Å². The van der Waals surface area contributed by atoms with Crippen molar-refractivity contribution >= 4 is 11.7 Å². The topological polar surface area (TPSA) is 85.4 Å². The summed E-state index contributed by atoms with van der Waals surface area (Å²) in [5, 5.41) is 19.6. The second-order valence-electron chi connectivity index (χ2n) is 4.34. The van der Waals surface area contributed by atoms with Gasteiger partial charge in [-0.25, -0.2) is 4.79 Å². The molecule has 1 aromatic heterocycles. The average Bonchev–Trinajstić information content (AvgIpc) is 2.83. The molecule has 2 rings (SSSR count). The maximum atomic E-state index is 14.1. The van der Waals surface area contributed by atoms with Crippen LogP contribution in [-0.4, -0.2) is 20.6 Å². The molecule has 110 valence electrons. The number of carboxylic acids is 1. The highest BCUT2D eigenvalue weighted by molar-refractivity contribution is 5.86. The second kappa shape index (κ2) is 5.31. The first-order valence-electron chi connectivity index (χ1n) is 5.82. The Morgan fingerprint density at radius 1 is 1.33 bits per heavy atom. The van der Waals surface area contributed by atoms with E-state index in [2.05, 4.69) is 0 Å². The second-order valence-corrected chi connectivity index (χ2v) is 4.34. The fourth-order valence-electron chi connectivity index (χ4n) is 1.89. The quantitative estimate of drug-likeness (QED) is 0.679. The average molecular weight is 296 g/mol. The monoisotopic (exact) mass is 296 g/mol. The molecule has 0 saturated carbocycles. The molecular weight excluding hydrogens is 286 g/mol. The molecule has 0 atom stereocenters. The number of carbonyl (C=O) groups is 1. The third kappa shape index (κ3) is 3.04. The lowest BCUT2D eigenvalue weighted by atomic mass is 10.1. The van der Waals surface area contributed by atoms with E-state index in [0.717, 1.165) is 12.3 Å². The van der Waals surface area contributed by atoms with Gasteiger partial charge in [-0.05, 0) is 0 Å². The minimum Gasteiger partial charge on any atom is -0.477 e. The molecule has 0 fully saturated rings. The third-order valence-electron chi connectivity index (χ3n) is 2.88. The maximum Gasteiger partial charge on any atom is 0.352 e. The number of aromatic carboxylic acids is 1. The molecule has 0 unspecified atom stereocenters. The van der Waals surface area contributed by atoms with Gasteiger partial charge in [0.15, 0.2) is 0 Å². The van der Waals surface area contributed by atoms with Gasteiger partial charge in [0.2, 0.25) is 0 Å². The van der Waals surface area contributed by atoms with Gasteiger partial charge in [0.05, 0.1) is 17.7 Å². The molecule has 0 aliphatic carbocycles. The van der Waals surface area contributed by atoms with Crippen molar-refractivity contribution in [3.05, 3.63) is 64.0 Å². The molecule has 8 heteroatoms. The molecule has 1 heterocycles. The van der Waals surface area contributed by atoms with Gasteiger partial charge in [0, 0.05) is 11.6 Å². The summed E-state index contributed by atoms with van der Waals surface area (Å²) in [6.45, 7) is -0.994. The zero-order chi connectivity index (χ0) is 15.6. The van der Waals surface area contributed by atoms with Gasteiger partial charge in [-0.1, -0.05) is 30.3 Å². The largest absolute Gasteiger partial charge is 0.477 e. The number of aromatic nitrogens is 1. The van der Waals surface area contributed by atoms with Crippen LogP contribution in [0.1, 0.15) is 16.1 Å². The highest BCUT2D eigenvalue weighted by atomic mass is 19.3. The Morgan fingerprint density at radius 3 is 2.48 bits per heavy atom. The molecule has 0 bridgehead atoms. The number of carboxylic acid groups (broad SMARTS) is 1. The van der Waals surface area contributed by atoms with E-state index < -0.39 is 34.7 Å². The zero-order valence-electron chi connectivity index (χ0n) is 10.6. The Labute approximate surface area is 117 Å². The van der Waals surface area contributed by atoms with Crippen molar-refractivity contribution in [3.63, 3.8) is 0 Å². The summed E-state index contributed by atoms with van der Waals surface area (Å²) in [4.78, 5) is 20.8. The van der Waals surface area contributed by atoms with Crippen LogP contribution < -0.4 is 0 Å². The summed E-state index contributed by atoms with van der Waals surface area (Å²) in [5.74, 6) is -4.86. The van der Waals surface area contributed by atoms with Gasteiger partial charge in [0.1, 0.15) is 5.69 Å². The van der Waals surface area contributed by atoms with Crippen molar-refractivity contribution < 1.29 is 23.6 Å². The number of halogens is 2. The summed E-state index contributed by atoms with van der Waals surface area (Å²) in [7, 11) is 0. The minimum absolute atomic E-state index is 0.294. The van der Waals surface area contributed by atoms with Gasteiger partial charge in [0.25, 0.3) is 11.6 Å². The van der Waals surface area contributed by atoms with Crippen LogP contribution in [0.4, 0.5) is 14.5 Å². The first kappa shape index (κ1) is 14.6. The van der Waals surface area contributed by atoms with Crippen LogP contribution in [0.3, 0.4) is 0 Å². The summed E-state index contributed by atoms with van der Waals surface area (Å²) in [5.41, 5.74) is -1.40. The number of benzene rings is 1.